The molecule has 2 fully saturated rings. The third-order valence-corrected chi connectivity index (χ3v) is 7.25. The van der Waals surface area contributed by atoms with E-state index in [1.807, 2.05) is 25.1 Å². The fraction of sp³-hybridized carbons (Fsp3) is 0.700. The summed E-state index contributed by atoms with van der Waals surface area (Å²) in [5.41, 5.74) is 3.88. The molecule has 3 aliphatic carbocycles. The van der Waals surface area contributed by atoms with Crippen molar-refractivity contribution in [1.29, 1.82) is 0 Å². The van der Waals surface area contributed by atoms with Crippen LogP contribution in [0.1, 0.15) is 56.1 Å². The molecule has 3 nitrogen and oxygen atoms in total. The summed E-state index contributed by atoms with van der Waals surface area (Å²) in [5.74, 6) is 2.39. The van der Waals surface area contributed by atoms with E-state index >= 15 is 0 Å². The van der Waals surface area contributed by atoms with Crippen LogP contribution in [-0.2, 0) is 6.42 Å². The standard InChI is InChI=1S/C20H29NO2/c1-20-9-8-13-14(16(20)6-7-19(20)23)5-4-12-10-18(22)17(21(2)3)11-15(12)13/h10-11,13-14,16,19,22-23H,4-9H2,1-3H3/t13-,14+,16-,19-,20-/m0/s1. The number of benzene rings is 1. The van der Waals surface area contributed by atoms with Crippen molar-refractivity contribution >= 4 is 5.69 Å². The van der Waals surface area contributed by atoms with Crippen LogP contribution in [0.25, 0.3) is 0 Å². The zero-order valence-electron chi connectivity index (χ0n) is 14.5. The number of hydrogen-bond acceptors (Lipinski definition) is 3. The van der Waals surface area contributed by atoms with Gasteiger partial charge >= 0.3 is 0 Å². The van der Waals surface area contributed by atoms with E-state index in [1.165, 1.54) is 30.4 Å². The predicted octanol–water partition coefficient (Wildman–Crippen LogP) is 3.68. The number of aromatic hydroxyl groups is 1. The van der Waals surface area contributed by atoms with Gasteiger partial charge in [0.05, 0.1) is 11.8 Å². The molecule has 0 heterocycles. The van der Waals surface area contributed by atoms with Gasteiger partial charge in [0.25, 0.3) is 0 Å². The molecule has 0 amide bonds. The Morgan fingerprint density at radius 2 is 1.91 bits per heavy atom. The molecule has 0 unspecified atom stereocenters. The SMILES string of the molecule is CN(C)c1cc2c(cc1O)CC[C@@H]1[C@@H]2CC[C@]2(C)[C@@H](O)CC[C@@H]12. The normalized spacial score (nSPS) is 38.6. The van der Waals surface area contributed by atoms with E-state index in [0.717, 1.165) is 24.9 Å². The van der Waals surface area contributed by atoms with E-state index in [9.17, 15) is 10.2 Å². The van der Waals surface area contributed by atoms with Gasteiger partial charge in [0.1, 0.15) is 5.75 Å². The first-order chi connectivity index (χ1) is 10.9. The number of phenolic OH excluding ortho intramolecular Hbond substituents is 1. The van der Waals surface area contributed by atoms with E-state index in [-0.39, 0.29) is 11.5 Å². The van der Waals surface area contributed by atoms with E-state index in [4.69, 9.17) is 0 Å². The van der Waals surface area contributed by atoms with Crippen LogP contribution >= 0.6 is 0 Å². The summed E-state index contributed by atoms with van der Waals surface area (Å²) < 4.78 is 0. The second-order valence-corrected chi connectivity index (χ2v) is 8.49. The molecule has 0 aliphatic heterocycles. The summed E-state index contributed by atoms with van der Waals surface area (Å²) in [6, 6.07) is 4.23. The molecule has 4 rings (SSSR count). The molecule has 1 aromatic carbocycles. The van der Waals surface area contributed by atoms with Gasteiger partial charge in [-0.05, 0) is 85.0 Å². The van der Waals surface area contributed by atoms with Gasteiger partial charge in [-0.15, -0.1) is 0 Å². The lowest BCUT2D eigenvalue weighted by molar-refractivity contribution is -0.0226. The van der Waals surface area contributed by atoms with E-state index in [0.29, 0.717) is 23.5 Å². The van der Waals surface area contributed by atoms with Crippen LogP contribution in [-0.4, -0.2) is 30.4 Å². The molecule has 3 heteroatoms. The number of aliphatic hydroxyl groups excluding tert-OH is 1. The third-order valence-electron chi connectivity index (χ3n) is 7.25. The number of aliphatic hydroxyl groups is 1. The molecule has 3 aliphatic rings. The monoisotopic (exact) mass is 315 g/mol. The first kappa shape index (κ1) is 15.3. The molecule has 0 radical (unpaired) electrons. The van der Waals surface area contributed by atoms with Gasteiger partial charge in [0, 0.05) is 14.1 Å². The third kappa shape index (κ3) is 2.12. The van der Waals surface area contributed by atoms with Gasteiger partial charge in [-0.3, -0.25) is 0 Å². The molecule has 2 N–H and O–H groups in total. The highest BCUT2D eigenvalue weighted by molar-refractivity contribution is 5.61. The molecule has 0 saturated heterocycles. The quantitative estimate of drug-likeness (QED) is 0.831. The lowest BCUT2D eigenvalue weighted by Gasteiger charge is -2.50. The molecular weight excluding hydrogens is 286 g/mol. The minimum atomic E-state index is -0.105. The Labute approximate surface area is 139 Å². The Morgan fingerprint density at radius 1 is 1.13 bits per heavy atom. The van der Waals surface area contributed by atoms with Crippen molar-refractivity contribution in [3.8, 4) is 5.75 Å². The minimum absolute atomic E-state index is 0.105. The summed E-state index contributed by atoms with van der Waals surface area (Å²) in [4.78, 5) is 2.01. The fourth-order valence-corrected chi connectivity index (χ4v) is 5.93. The van der Waals surface area contributed by atoms with Crippen molar-refractivity contribution in [1.82, 2.24) is 0 Å². The zero-order valence-corrected chi connectivity index (χ0v) is 14.5. The van der Waals surface area contributed by atoms with Crippen molar-refractivity contribution in [2.24, 2.45) is 17.3 Å². The predicted molar refractivity (Wildman–Crippen MR) is 93.1 cm³/mol. The lowest BCUT2D eigenvalue weighted by Crippen LogP contribution is -2.43. The highest BCUT2D eigenvalue weighted by atomic mass is 16.3. The average Bonchev–Trinajstić information content (AvgIpc) is 2.81. The van der Waals surface area contributed by atoms with Gasteiger partial charge in [0.15, 0.2) is 0 Å². The summed E-state index contributed by atoms with van der Waals surface area (Å²) in [5, 5.41) is 20.8. The maximum absolute atomic E-state index is 10.5. The summed E-state index contributed by atoms with van der Waals surface area (Å²) in [7, 11) is 3.99. The van der Waals surface area contributed by atoms with Gasteiger partial charge in [-0.1, -0.05) is 6.92 Å². The number of aryl methyl sites for hydroxylation is 1. The molecule has 1 aromatic rings. The van der Waals surface area contributed by atoms with Crippen LogP contribution in [0, 0.1) is 17.3 Å². The highest BCUT2D eigenvalue weighted by Crippen LogP contribution is 2.61. The molecule has 23 heavy (non-hydrogen) atoms. The Morgan fingerprint density at radius 3 is 2.65 bits per heavy atom. The summed E-state index contributed by atoms with van der Waals surface area (Å²) in [6.07, 6.45) is 6.66. The van der Waals surface area contributed by atoms with Crippen molar-refractivity contribution in [3.05, 3.63) is 23.3 Å². The summed E-state index contributed by atoms with van der Waals surface area (Å²) in [6.45, 7) is 2.32. The van der Waals surface area contributed by atoms with Crippen LogP contribution in [0.3, 0.4) is 0 Å². The summed E-state index contributed by atoms with van der Waals surface area (Å²) >= 11 is 0. The van der Waals surface area contributed by atoms with Crippen LogP contribution in [0.2, 0.25) is 0 Å². The molecule has 126 valence electrons. The van der Waals surface area contributed by atoms with Gasteiger partial charge in [-0.25, -0.2) is 0 Å². The second-order valence-electron chi connectivity index (χ2n) is 8.49. The number of fused-ring (bicyclic) bond motifs is 5. The Hall–Kier alpha value is -1.22. The second kappa shape index (κ2) is 5.14. The number of nitrogens with zero attached hydrogens (tertiary/aromatic N) is 1. The molecule has 0 spiro atoms. The zero-order chi connectivity index (χ0) is 16.4. The van der Waals surface area contributed by atoms with E-state index < -0.39 is 0 Å². The Kier molecular flexibility index (Phi) is 3.42. The van der Waals surface area contributed by atoms with Gasteiger partial charge in [-0.2, -0.15) is 0 Å². The van der Waals surface area contributed by atoms with Crippen molar-refractivity contribution in [3.63, 3.8) is 0 Å². The smallest absolute Gasteiger partial charge is 0.139 e. The molecule has 0 bridgehead atoms. The highest BCUT2D eigenvalue weighted by Gasteiger charge is 2.54. The number of rotatable bonds is 1. The number of hydrogen-bond donors (Lipinski definition) is 2. The lowest BCUT2D eigenvalue weighted by atomic mass is 9.55. The average molecular weight is 315 g/mol. The van der Waals surface area contributed by atoms with Crippen LogP contribution in [0.5, 0.6) is 5.75 Å². The first-order valence-electron chi connectivity index (χ1n) is 9.13. The van der Waals surface area contributed by atoms with Crippen molar-refractivity contribution in [2.75, 3.05) is 19.0 Å². The largest absolute Gasteiger partial charge is 0.506 e. The van der Waals surface area contributed by atoms with Crippen molar-refractivity contribution in [2.45, 2.75) is 57.5 Å². The molecule has 0 aromatic heterocycles. The van der Waals surface area contributed by atoms with E-state index in [2.05, 4.69) is 13.0 Å². The maximum atomic E-state index is 10.5. The van der Waals surface area contributed by atoms with Gasteiger partial charge in [0.2, 0.25) is 0 Å². The van der Waals surface area contributed by atoms with E-state index in [1.54, 1.807) is 0 Å². The minimum Gasteiger partial charge on any atom is -0.506 e. The molecule has 2 saturated carbocycles. The maximum Gasteiger partial charge on any atom is 0.139 e. The van der Waals surface area contributed by atoms with Crippen molar-refractivity contribution < 1.29 is 10.2 Å². The van der Waals surface area contributed by atoms with Gasteiger partial charge < -0.3 is 15.1 Å². The van der Waals surface area contributed by atoms with Crippen LogP contribution < -0.4 is 4.90 Å². The number of anilines is 1. The van der Waals surface area contributed by atoms with Crippen LogP contribution in [0.15, 0.2) is 12.1 Å². The Bertz CT molecular complexity index is 626. The fourth-order valence-electron chi connectivity index (χ4n) is 5.93. The Balaban J connectivity index is 1.73. The van der Waals surface area contributed by atoms with Crippen LogP contribution in [0.4, 0.5) is 5.69 Å². The topological polar surface area (TPSA) is 43.7 Å². The molecular formula is C20H29NO2. The first-order valence-corrected chi connectivity index (χ1v) is 9.13. The molecule has 5 atom stereocenters. The number of phenols is 1.